The van der Waals surface area contributed by atoms with Crippen molar-refractivity contribution in [3.05, 3.63) is 81.2 Å². The van der Waals surface area contributed by atoms with E-state index in [-0.39, 0.29) is 17.3 Å². The second-order valence-corrected chi connectivity index (χ2v) is 8.30. The lowest BCUT2D eigenvalue weighted by atomic mass is 10.2. The maximum atomic E-state index is 13.0. The Morgan fingerprint density at radius 2 is 1.82 bits per heavy atom. The number of para-hydroxylation sites is 1. The molecule has 0 atom stereocenters. The molecule has 3 rings (SSSR count). The molecule has 0 fully saturated rings. The SMILES string of the molecule is CCOC(=O)c1nn(-c2ccccc2Cl)c(=O)cc1OS(=O)(=O)c1cccc(C(F)(F)F)c1. The Kier molecular flexibility index (Phi) is 6.79. The van der Waals surface area contributed by atoms with E-state index in [1.807, 2.05) is 0 Å². The largest absolute Gasteiger partial charge is 0.461 e. The molecule has 0 unspecified atom stereocenters. The van der Waals surface area contributed by atoms with Gasteiger partial charge in [0.05, 0.1) is 28.9 Å². The molecule has 3 aromatic rings. The zero-order valence-electron chi connectivity index (χ0n) is 16.7. The molecule has 0 aliphatic heterocycles. The summed E-state index contributed by atoms with van der Waals surface area (Å²) in [5.74, 6) is -1.95. The first-order valence-corrected chi connectivity index (χ1v) is 10.9. The summed E-state index contributed by atoms with van der Waals surface area (Å²) in [5, 5.41) is 3.94. The average Bonchev–Trinajstić information content (AvgIpc) is 2.74. The Morgan fingerprint density at radius 1 is 1.12 bits per heavy atom. The molecule has 33 heavy (non-hydrogen) atoms. The molecule has 0 amide bonds. The highest BCUT2D eigenvalue weighted by Crippen LogP contribution is 2.31. The monoisotopic (exact) mass is 502 g/mol. The molecule has 1 aromatic heterocycles. The number of alkyl halides is 3. The van der Waals surface area contributed by atoms with Gasteiger partial charge in [0.15, 0.2) is 5.75 Å². The molecule has 0 saturated carbocycles. The van der Waals surface area contributed by atoms with E-state index in [9.17, 15) is 31.2 Å². The van der Waals surface area contributed by atoms with Crippen LogP contribution in [0.3, 0.4) is 0 Å². The van der Waals surface area contributed by atoms with Gasteiger partial charge in [0.2, 0.25) is 5.69 Å². The molecule has 2 aromatic carbocycles. The van der Waals surface area contributed by atoms with E-state index in [0.29, 0.717) is 18.2 Å². The average molecular weight is 503 g/mol. The van der Waals surface area contributed by atoms with Crippen LogP contribution < -0.4 is 9.74 Å². The lowest BCUT2D eigenvalue weighted by Gasteiger charge is -2.14. The van der Waals surface area contributed by atoms with Crippen molar-refractivity contribution in [2.45, 2.75) is 18.0 Å². The van der Waals surface area contributed by atoms with Crippen LogP contribution in [0.2, 0.25) is 5.02 Å². The molecule has 174 valence electrons. The lowest BCUT2D eigenvalue weighted by Crippen LogP contribution is -2.26. The van der Waals surface area contributed by atoms with Gasteiger partial charge in [0, 0.05) is 0 Å². The van der Waals surface area contributed by atoms with Gasteiger partial charge >= 0.3 is 22.3 Å². The summed E-state index contributed by atoms with van der Waals surface area (Å²) in [4.78, 5) is 24.2. The molecule has 8 nitrogen and oxygen atoms in total. The molecular formula is C20H14ClF3N2O6S. The van der Waals surface area contributed by atoms with Gasteiger partial charge < -0.3 is 8.92 Å². The second kappa shape index (κ2) is 9.24. The molecule has 13 heteroatoms. The van der Waals surface area contributed by atoms with Gasteiger partial charge in [-0.3, -0.25) is 4.79 Å². The van der Waals surface area contributed by atoms with E-state index in [1.165, 1.54) is 19.1 Å². The van der Waals surface area contributed by atoms with Crippen molar-refractivity contribution in [1.29, 1.82) is 0 Å². The fourth-order valence-corrected chi connectivity index (χ4v) is 3.83. The van der Waals surface area contributed by atoms with E-state index in [0.717, 1.165) is 16.8 Å². The summed E-state index contributed by atoms with van der Waals surface area (Å²) >= 11 is 6.07. The van der Waals surface area contributed by atoms with Crippen LogP contribution in [0.5, 0.6) is 5.75 Å². The third-order valence-corrected chi connectivity index (χ3v) is 5.65. The molecule has 0 N–H and O–H groups in total. The molecule has 0 saturated heterocycles. The minimum absolute atomic E-state index is 0.0852. The van der Waals surface area contributed by atoms with Crippen molar-refractivity contribution < 1.29 is 35.3 Å². The van der Waals surface area contributed by atoms with E-state index < -0.39 is 49.7 Å². The van der Waals surface area contributed by atoms with E-state index in [2.05, 4.69) is 5.10 Å². The predicted molar refractivity (Wildman–Crippen MR) is 110 cm³/mol. The Hall–Kier alpha value is -3.38. The van der Waals surface area contributed by atoms with Crippen LogP contribution in [0.15, 0.2) is 64.3 Å². The van der Waals surface area contributed by atoms with Crippen LogP contribution in [0.25, 0.3) is 5.69 Å². The van der Waals surface area contributed by atoms with Crippen molar-refractivity contribution in [2.75, 3.05) is 6.61 Å². The maximum Gasteiger partial charge on any atom is 0.416 e. The van der Waals surface area contributed by atoms with Crippen molar-refractivity contribution in [1.82, 2.24) is 9.78 Å². The summed E-state index contributed by atoms with van der Waals surface area (Å²) in [6, 6.07) is 9.43. The molecule has 0 aliphatic carbocycles. The molecule has 0 aliphatic rings. The number of nitrogens with zero attached hydrogens (tertiary/aromatic N) is 2. The van der Waals surface area contributed by atoms with Crippen molar-refractivity contribution in [3.8, 4) is 11.4 Å². The normalized spacial score (nSPS) is 11.8. The van der Waals surface area contributed by atoms with Crippen LogP contribution in [-0.2, 0) is 21.0 Å². The van der Waals surface area contributed by atoms with Crippen LogP contribution in [-0.4, -0.2) is 30.8 Å². The molecular weight excluding hydrogens is 489 g/mol. The molecule has 0 radical (unpaired) electrons. The maximum absolute atomic E-state index is 13.0. The van der Waals surface area contributed by atoms with Gasteiger partial charge in [0.1, 0.15) is 4.90 Å². The zero-order chi connectivity index (χ0) is 24.4. The number of hydrogen-bond donors (Lipinski definition) is 0. The Labute approximate surface area is 190 Å². The number of hydrogen-bond acceptors (Lipinski definition) is 7. The van der Waals surface area contributed by atoms with E-state index in [1.54, 1.807) is 12.1 Å². The minimum Gasteiger partial charge on any atom is -0.461 e. The third-order valence-electron chi connectivity index (χ3n) is 4.10. The lowest BCUT2D eigenvalue weighted by molar-refractivity contribution is -0.137. The molecule has 0 bridgehead atoms. The Bertz CT molecular complexity index is 1370. The van der Waals surface area contributed by atoms with Gasteiger partial charge in [-0.15, -0.1) is 0 Å². The van der Waals surface area contributed by atoms with E-state index in [4.69, 9.17) is 20.5 Å². The summed E-state index contributed by atoms with van der Waals surface area (Å²) in [6.07, 6.45) is -4.81. The number of rotatable bonds is 6. The zero-order valence-corrected chi connectivity index (χ0v) is 18.2. The van der Waals surface area contributed by atoms with E-state index >= 15 is 0 Å². The van der Waals surface area contributed by atoms with Crippen molar-refractivity contribution >= 4 is 27.7 Å². The topological polar surface area (TPSA) is 105 Å². The van der Waals surface area contributed by atoms with Crippen LogP contribution >= 0.6 is 11.6 Å². The van der Waals surface area contributed by atoms with Gasteiger partial charge in [0.25, 0.3) is 5.56 Å². The summed E-state index contributed by atoms with van der Waals surface area (Å²) < 4.78 is 74.6. The van der Waals surface area contributed by atoms with Gasteiger partial charge in [-0.05, 0) is 37.3 Å². The number of esters is 1. The van der Waals surface area contributed by atoms with Crippen LogP contribution in [0.4, 0.5) is 13.2 Å². The summed E-state index contributed by atoms with van der Waals surface area (Å²) in [7, 11) is -4.89. The first kappa shape index (κ1) is 24.3. The first-order valence-electron chi connectivity index (χ1n) is 9.12. The van der Waals surface area contributed by atoms with Gasteiger partial charge in [-0.25, -0.2) is 4.79 Å². The van der Waals surface area contributed by atoms with Crippen molar-refractivity contribution in [3.63, 3.8) is 0 Å². The van der Waals surface area contributed by atoms with Crippen molar-refractivity contribution in [2.24, 2.45) is 0 Å². The highest BCUT2D eigenvalue weighted by Gasteiger charge is 2.33. The molecule has 0 spiro atoms. The standard InChI is InChI=1S/C20H14ClF3N2O6S/c1-2-31-19(28)18-16(11-17(27)26(25-18)15-9-4-3-8-14(15)21)32-33(29,30)13-7-5-6-12(10-13)20(22,23)24/h3-11H,2H2,1H3. The van der Waals surface area contributed by atoms with Gasteiger partial charge in [-0.1, -0.05) is 29.8 Å². The Morgan fingerprint density at radius 3 is 2.45 bits per heavy atom. The predicted octanol–water partition coefficient (Wildman–Crippen LogP) is 3.85. The second-order valence-electron chi connectivity index (χ2n) is 6.34. The summed E-state index contributed by atoms with van der Waals surface area (Å²) in [6.45, 7) is 1.35. The Balaban J connectivity index is 2.13. The third kappa shape index (κ3) is 5.34. The van der Waals surface area contributed by atoms with Crippen LogP contribution in [0, 0.1) is 0 Å². The number of aromatic nitrogens is 2. The number of ether oxygens (including phenoxy) is 1. The number of halogens is 4. The minimum atomic E-state index is -4.89. The first-order chi connectivity index (χ1) is 15.4. The quantitative estimate of drug-likeness (QED) is 0.372. The molecule has 1 heterocycles. The summed E-state index contributed by atoms with van der Waals surface area (Å²) in [5.41, 5.74) is -2.77. The fourth-order valence-electron chi connectivity index (χ4n) is 2.63. The number of carbonyl (C=O) groups is 1. The van der Waals surface area contributed by atoms with Crippen LogP contribution in [0.1, 0.15) is 23.0 Å². The van der Waals surface area contributed by atoms with Gasteiger partial charge in [-0.2, -0.15) is 31.4 Å². The fraction of sp³-hybridized carbons (Fsp3) is 0.150. The highest BCUT2D eigenvalue weighted by atomic mass is 35.5. The number of benzene rings is 2. The smallest absolute Gasteiger partial charge is 0.416 e. The number of carbonyl (C=O) groups excluding carboxylic acids is 1. The highest BCUT2D eigenvalue weighted by molar-refractivity contribution is 7.87.